The minimum atomic E-state index is -0.543. The lowest BCUT2D eigenvalue weighted by atomic mass is 10.0. The highest BCUT2D eigenvalue weighted by Gasteiger charge is 2.26. The van der Waals surface area contributed by atoms with Gasteiger partial charge in [-0.2, -0.15) is 5.10 Å². The summed E-state index contributed by atoms with van der Waals surface area (Å²) in [4.78, 5) is 26.1. The molecule has 2 heterocycles. The van der Waals surface area contributed by atoms with Gasteiger partial charge in [-0.25, -0.2) is 4.68 Å². The Hall–Kier alpha value is -5.11. The number of rotatable bonds is 6. The molecule has 8 heteroatoms. The molecule has 0 saturated heterocycles. The molecule has 1 aromatic heterocycles. The van der Waals surface area contributed by atoms with Crippen molar-refractivity contribution >= 4 is 34.1 Å². The number of nitrogens with two attached hydrogens (primary N) is 1. The molecule has 6 rings (SSSR count). The normalized spacial score (nSPS) is 13.0. The predicted molar refractivity (Wildman–Crippen MR) is 161 cm³/mol. The van der Waals surface area contributed by atoms with Gasteiger partial charge in [0.15, 0.2) is 0 Å². The Morgan fingerprint density at radius 2 is 1.80 bits per heavy atom. The summed E-state index contributed by atoms with van der Waals surface area (Å²) in [5.74, 6) is 0.362. The molecule has 2 amide bonds. The van der Waals surface area contributed by atoms with Crippen LogP contribution in [0.4, 0.5) is 11.5 Å². The predicted octanol–water partition coefficient (Wildman–Crippen LogP) is 5.91. The number of nitrogens with zero attached hydrogens (tertiary/aromatic N) is 2. The van der Waals surface area contributed by atoms with E-state index in [0.717, 1.165) is 34.0 Å². The first-order valence-corrected chi connectivity index (χ1v) is 13.6. The van der Waals surface area contributed by atoms with Crippen molar-refractivity contribution in [3.63, 3.8) is 0 Å². The minimum Gasteiger partial charge on any atom is -0.496 e. The number of hydrogen-bond acceptors (Lipinski definition) is 5. The molecule has 0 spiro atoms. The van der Waals surface area contributed by atoms with Gasteiger partial charge in [-0.05, 0) is 54.3 Å². The number of benzene rings is 4. The van der Waals surface area contributed by atoms with Gasteiger partial charge in [0.25, 0.3) is 11.8 Å². The number of aromatic nitrogens is 2. The van der Waals surface area contributed by atoms with E-state index in [1.54, 1.807) is 7.11 Å². The van der Waals surface area contributed by atoms with E-state index in [2.05, 4.69) is 23.6 Å². The molecule has 41 heavy (non-hydrogen) atoms. The molecule has 0 aliphatic carbocycles. The van der Waals surface area contributed by atoms with E-state index in [4.69, 9.17) is 15.6 Å². The smallest absolute Gasteiger partial charge is 0.256 e. The molecule has 5 aromatic rings. The van der Waals surface area contributed by atoms with Gasteiger partial charge in [-0.3, -0.25) is 9.59 Å². The third-order valence-electron chi connectivity index (χ3n) is 7.68. The summed E-state index contributed by atoms with van der Waals surface area (Å²) < 4.78 is 7.33. The largest absolute Gasteiger partial charge is 0.496 e. The van der Waals surface area contributed by atoms with Crippen molar-refractivity contribution < 1.29 is 14.3 Å². The quantitative estimate of drug-likeness (QED) is 0.246. The Morgan fingerprint density at radius 3 is 2.56 bits per heavy atom. The van der Waals surface area contributed by atoms with Crippen molar-refractivity contribution in [2.45, 2.75) is 32.9 Å². The van der Waals surface area contributed by atoms with Crippen LogP contribution < -0.4 is 21.1 Å². The number of ether oxygens (including phenoxy) is 1. The first kappa shape index (κ1) is 26.1. The monoisotopic (exact) mass is 545 g/mol. The van der Waals surface area contributed by atoms with Gasteiger partial charge in [-0.15, -0.1) is 0 Å². The second-order valence-corrected chi connectivity index (χ2v) is 10.4. The van der Waals surface area contributed by atoms with Crippen LogP contribution >= 0.6 is 0 Å². The number of fused-ring (bicyclic) bond motifs is 3. The lowest BCUT2D eigenvalue weighted by Crippen LogP contribution is -2.27. The number of amides is 2. The van der Waals surface area contributed by atoms with E-state index in [1.807, 2.05) is 84.4 Å². The van der Waals surface area contributed by atoms with Gasteiger partial charge >= 0.3 is 0 Å². The van der Waals surface area contributed by atoms with Crippen LogP contribution in [0.25, 0.3) is 22.0 Å². The number of nitrogens with one attached hydrogen (secondary N) is 2. The van der Waals surface area contributed by atoms with Crippen LogP contribution in [-0.2, 0) is 13.0 Å². The highest BCUT2D eigenvalue weighted by atomic mass is 16.5. The van der Waals surface area contributed by atoms with Crippen molar-refractivity contribution in [2.24, 2.45) is 5.73 Å². The zero-order valence-electron chi connectivity index (χ0n) is 23.2. The molecule has 8 nitrogen and oxygen atoms in total. The van der Waals surface area contributed by atoms with E-state index < -0.39 is 5.91 Å². The number of primary amides is 1. The number of carbonyl (C=O) groups excluding carboxylic acids is 2. The van der Waals surface area contributed by atoms with Crippen molar-refractivity contribution in [1.82, 2.24) is 15.1 Å². The molecular formula is C33H31N5O3. The third kappa shape index (κ3) is 4.78. The average molecular weight is 546 g/mol. The molecular weight excluding hydrogens is 514 g/mol. The molecule has 206 valence electrons. The van der Waals surface area contributed by atoms with Gasteiger partial charge in [0, 0.05) is 17.8 Å². The van der Waals surface area contributed by atoms with E-state index in [0.29, 0.717) is 34.9 Å². The lowest BCUT2D eigenvalue weighted by Gasteiger charge is -2.17. The highest BCUT2D eigenvalue weighted by molar-refractivity contribution is 6.09. The lowest BCUT2D eigenvalue weighted by molar-refractivity contribution is 0.0937. The average Bonchev–Trinajstić information content (AvgIpc) is 3.25. The summed E-state index contributed by atoms with van der Waals surface area (Å²) in [6, 6.07) is 25.1. The van der Waals surface area contributed by atoms with Crippen molar-refractivity contribution in [1.29, 1.82) is 0 Å². The van der Waals surface area contributed by atoms with E-state index in [9.17, 15) is 9.59 Å². The second kappa shape index (κ2) is 10.5. The van der Waals surface area contributed by atoms with Gasteiger partial charge in [0.05, 0.1) is 18.7 Å². The second-order valence-electron chi connectivity index (χ2n) is 10.4. The molecule has 1 aliphatic rings. The molecule has 0 fully saturated rings. The van der Waals surface area contributed by atoms with E-state index in [1.165, 1.54) is 11.1 Å². The summed E-state index contributed by atoms with van der Waals surface area (Å²) in [5, 5.41) is 13.1. The number of carbonyl (C=O) groups is 2. The molecule has 4 N–H and O–H groups in total. The molecule has 0 unspecified atom stereocenters. The molecule has 4 aromatic carbocycles. The van der Waals surface area contributed by atoms with Crippen LogP contribution in [0.15, 0.2) is 78.9 Å². The molecule has 0 radical (unpaired) electrons. The zero-order valence-corrected chi connectivity index (χ0v) is 23.2. The standard InChI is InChI=1S/C33H31N5O3/c1-19-8-14-26-24(18-19)16-17-38-32(36-26)29(31(34)39)30(37-38)23-11-9-21(10-12-23)20(2)35-33(40)28-25-7-5-4-6-22(25)13-15-27(28)41-3/h4-15,18,20,36H,16-17H2,1-3H3,(H2,34,39)(H,35,40)/t20-/m1/s1. The summed E-state index contributed by atoms with van der Waals surface area (Å²) >= 11 is 0. The first-order valence-electron chi connectivity index (χ1n) is 13.6. The highest BCUT2D eigenvalue weighted by Crippen LogP contribution is 2.35. The first-order chi connectivity index (χ1) is 19.8. The Bertz CT molecular complexity index is 1810. The number of hydrogen-bond donors (Lipinski definition) is 3. The van der Waals surface area contributed by atoms with Crippen molar-refractivity contribution in [3.8, 4) is 17.0 Å². The van der Waals surface area contributed by atoms with Crippen molar-refractivity contribution in [3.05, 3.63) is 107 Å². The summed E-state index contributed by atoms with van der Waals surface area (Å²) in [5.41, 5.74) is 12.2. The fourth-order valence-corrected chi connectivity index (χ4v) is 5.53. The fourth-order valence-electron chi connectivity index (χ4n) is 5.53. The molecule has 1 aliphatic heterocycles. The molecule has 1 atom stereocenters. The summed E-state index contributed by atoms with van der Waals surface area (Å²) in [6.45, 7) is 4.62. The third-order valence-corrected chi connectivity index (χ3v) is 7.68. The Labute approximate surface area is 238 Å². The maximum Gasteiger partial charge on any atom is 0.256 e. The number of aryl methyl sites for hydroxylation is 3. The van der Waals surface area contributed by atoms with E-state index in [-0.39, 0.29) is 11.9 Å². The Balaban J connectivity index is 1.27. The fraction of sp³-hybridized carbons (Fsp3) is 0.182. The van der Waals surface area contributed by atoms with Gasteiger partial charge < -0.3 is 21.1 Å². The van der Waals surface area contributed by atoms with Gasteiger partial charge in [-0.1, -0.05) is 72.3 Å². The zero-order chi connectivity index (χ0) is 28.7. The van der Waals surface area contributed by atoms with Gasteiger partial charge in [0.2, 0.25) is 0 Å². The number of methoxy groups -OCH3 is 1. The van der Waals surface area contributed by atoms with E-state index >= 15 is 0 Å². The molecule has 0 saturated carbocycles. The maximum absolute atomic E-state index is 13.4. The van der Waals surface area contributed by atoms with Crippen LogP contribution in [0.1, 0.15) is 50.4 Å². The van der Waals surface area contributed by atoms with Crippen LogP contribution in [0.5, 0.6) is 5.75 Å². The summed E-state index contributed by atoms with van der Waals surface area (Å²) in [7, 11) is 1.56. The SMILES string of the molecule is COc1ccc2ccccc2c1C(=O)N[C@H](C)c1ccc(-c2nn3c(c2C(N)=O)Nc2ccc(C)cc2CC3)cc1. The van der Waals surface area contributed by atoms with Crippen LogP contribution in [-0.4, -0.2) is 28.7 Å². The summed E-state index contributed by atoms with van der Waals surface area (Å²) in [6.07, 6.45) is 0.786. The van der Waals surface area contributed by atoms with Crippen LogP contribution in [0.2, 0.25) is 0 Å². The van der Waals surface area contributed by atoms with Crippen LogP contribution in [0.3, 0.4) is 0 Å². The van der Waals surface area contributed by atoms with Crippen LogP contribution in [0, 0.1) is 6.92 Å². The Kier molecular flexibility index (Phi) is 6.67. The topological polar surface area (TPSA) is 111 Å². The number of anilines is 2. The molecule has 0 bridgehead atoms. The van der Waals surface area contributed by atoms with Crippen molar-refractivity contribution in [2.75, 3.05) is 12.4 Å². The minimum absolute atomic E-state index is 0.217. The Morgan fingerprint density at radius 1 is 1.02 bits per heavy atom. The maximum atomic E-state index is 13.4. The van der Waals surface area contributed by atoms with Gasteiger partial charge in [0.1, 0.15) is 22.8 Å².